The van der Waals surface area contributed by atoms with Crippen LogP contribution < -0.4 is 0 Å². The van der Waals surface area contributed by atoms with Gasteiger partial charge in [0.2, 0.25) is 5.91 Å². The molecule has 0 saturated carbocycles. The van der Waals surface area contributed by atoms with Crippen LogP contribution in [0.3, 0.4) is 0 Å². The molecule has 2 atom stereocenters. The summed E-state index contributed by atoms with van der Waals surface area (Å²) in [6.45, 7) is 5.81. The Morgan fingerprint density at radius 3 is 2.47 bits per heavy atom. The van der Waals surface area contributed by atoms with Gasteiger partial charge in [-0.1, -0.05) is 12.2 Å². The second kappa shape index (κ2) is 4.83. The molecule has 1 aromatic heterocycles. The molecule has 0 bridgehead atoms. The van der Waals surface area contributed by atoms with Crippen LogP contribution in [0.5, 0.6) is 0 Å². The minimum absolute atomic E-state index is 0.252. The van der Waals surface area contributed by atoms with Crippen LogP contribution in [0.2, 0.25) is 0 Å². The Bertz CT molecular complexity index is 482. The second-order valence-corrected chi connectivity index (χ2v) is 5.85. The summed E-state index contributed by atoms with van der Waals surface area (Å²) in [6, 6.07) is 0. The van der Waals surface area contributed by atoms with Gasteiger partial charge in [0.15, 0.2) is 0 Å². The number of amides is 1. The third-order valence-corrected chi connectivity index (χ3v) is 4.58. The highest BCUT2D eigenvalue weighted by Crippen LogP contribution is 2.33. The number of fused-ring (bicyclic) bond motifs is 1. The van der Waals surface area contributed by atoms with Crippen molar-refractivity contribution in [2.24, 2.45) is 11.8 Å². The maximum Gasteiger partial charge on any atom is 0.227 e. The number of carbonyl (C=O) groups excluding carboxylic acids is 1. The molecule has 0 spiro atoms. The van der Waals surface area contributed by atoms with Crippen LogP contribution in [0, 0.1) is 25.7 Å². The second-order valence-electron chi connectivity index (χ2n) is 5.85. The molecule has 1 amide bonds. The lowest BCUT2D eigenvalue weighted by Crippen LogP contribution is -2.30. The minimum Gasteiger partial charge on any atom is -0.342 e. The van der Waals surface area contributed by atoms with E-state index in [1.54, 1.807) is 0 Å². The van der Waals surface area contributed by atoms with Gasteiger partial charge in [0.05, 0.1) is 12.1 Å². The number of nitrogens with zero attached hydrogens (tertiary/aromatic N) is 2. The number of likely N-dealkylation sites (tertiary alicyclic amines) is 1. The molecule has 1 saturated heterocycles. The molecule has 102 valence electrons. The molecule has 1 fully saturated rings. The zero-order chi connectivity index (χ0) is 13.4. The van der Waals surface area contributed by atoms with Gasteiger partial charge in [-0.25, -0.2) is 0 Å². The lowest BCUT2D eigenvalue weighted by molar-refractivity contribution is -0.129. The van der Waals surface area contributed by atoms with Gasteiger partial charge in [-0.3, -0.25) is 9.89 Å². The van der Waals surface area contributed by atoms with Gasteiger partial charge in [0.25, 0.3) is 0 Å². The van der Waals surface area contributed by atoms with Crippen LogP contribution in [0.15, 0.2) is 12.2 Å². The predicted molar refractivity (Wildman–Crippen MR) is 73.7 cm³/mol. The van der Waals surface area contributed by atoms with Crippen molar-refractivity contribution in [2.45, 2.75) is 33.1 Å². The molecule has 1 aliphatic heterocycles. The quantitative estimate of drug-likeness (QED) is 0.826. The fourth-order valence-corrected chi connectivity index (χ4v) is 3.32. The summed E-state index contributed by atoms with van der Waals surface area (Å²) in [5.41, 5.74) is 3.03. The molecule has 19 heavy (non-hydrogen) atoms. The van der Waals surface area contributed by atoms with E-state index in [4.69, 9.17) is 0 Å². The zero-order valence-electron chi connectivity index (χ0n) is 11.6. The molecule has 4 nitrogen and oxygen atoms in total. The summed E-state index contributed by atoms with van der Waals surface area (Å²) >= 11 is 0. The Kier molecular flexibility index (Phi) is 3.17. The number of aromatic amines is 1. The Labute approximate surface area is 113 Å². The van der Waals surface area contributed by atoms with Crippen LogP contribution >= 0.6 is 0 Å². The van der Waals surface area contributed by atoms with E-state index < -0.39 is 0 Å². The number of carbonyl (C=O) groups is 1. The van der Waals surface area contributed by atoms with Gasteiger partial charge in [0.1, 0.15) is 0 Å². The molecule has 1 aliphatic carbocycles. The standard InChI is InChI=1S/C15H21N3O/c1-10-14(11(2)17-16-10)7-15(19)18-8-12-5-3-4-6-13(12)9-18/h3-4,12-13H,5-9H2,1-2H3,(H,16,17)/t12-,13+. The van der Waals surface area contributed by atoms with Gasteiger partial charge in [0, 0.05) is 24.3 Å². The van der Waals surface area contributed by atoms with Gasteiger partial charge in [-0.05, 0) is 38.5 Å². The molecule has 2 aliphatic rings. The van der Waals surface area contributed by atoms with E-state index in [9.17, 15) is 4.79 Å². The van der Waals surface area contributed by atoms with Gasteiger partial charge in [-0.2, -0.15) is 5.10 Å². The van der Waals surface area contributed by atoms with Crippen LogP contribution in [0.1, 0.15) is 29.8 Å². The van der Waals surface area contributed by atoms with Gasteiger partial charge < -0.3 is 4.90 Å². The molecule has 3 rings (SSSR count). The van der Waals surface area contributed by atoms with Crippen molar-refractivity contribution in [1.29, 1.82) is 0 Å². The third kappa shape index (κ3) is 2.31. The van der Waals surface area contributed by atoms with E-state index in [0.29, 0.717) is 18.3 Å². The molecule has 0 aromatic carbocycles. The number of rotatable bonds is 2. The highest BCUT2D eigenvalue weighted by molar-refractivity contribution is 5.79. The van der Waals surface area contributed by atoms with E-state index in [-0.39, 0.29) is 5.91 Å². The fourth-order valence-electron chi connectivity index (χ4n) is 3.32. The monoisotopic (exact) mass is 259 g/mol. The first-order chi connectivity index (χ1) is 9.15. The van der Waals surface area contributed by atoms with Crippen molar-refractivity contribution in [3.8, 4) is 0 Å². The zero-order valence-corrected chi connectivity index (χ0v) is 11.6. The largest absolute Gasteiger partial charge is 0.342 e. The fraction of sp³-hybridized carbons (Fsp3) is 0.600. The Balaban J connectivity index is 1.66. The summed E-state index contributed by atoms with van der Waals surface area (Å²) in [7, 11) is 0. The molecular weight excluding hydrogens is 238 g/mol. The molecule has 1 aromatic rings. The van der Waals surface area contributed by atoms with Gasteiger partial charge in [-0.15, -0.1) is 0 Å². The highest BCUT2D eigenvalue weighted by Gasteiger charge is 2.35. The molecule has 0 unspecified atom stereocenters. The molecular formula is C15H21N3O. The van der Waals surface area contributed by atoms with Crippen LogP contribution in [0.25, 0.3) is 0 Å². The summed E-state index contributed by atoms with van der Waals surface area (Å²) in [6.07, 6.45) is 7.29. The topological polar surface area (TPSA) is 49.0 Å². The van der Waals surface area contributed by atoms with E-state index >= 15 is 0 Å². The van der Waals surface area contributed by atoms with Gasteiger partial charge >= 0.3 is 0 Å². The minimum atomic E-state index is 0.252. The average molecular weight is 259 g/mol. The first-order valence-electron chi connectivity index (χ1n) is 7.08. The number of allylic oxidation sites excluding steroid dienone is 2. The summed E-state index contributed by atoms with van der Waals surface area (Å²) in [5, 5.41) is 7.11. The normalized spacial score (nSPS) is 25.7. The predicted octanol–water partition coefficient (Wildman–Crippen LogP) is 1.99. The van der Waals surface area contributed by atoms with Crippen molar-refractivity contribution in [3.05, 3.63) is 29.1 Å². The number of aryl methyl sites for hydroxylation is 2. The smallest absolute Gasteiger partial charge is 0.227 e. The van der Waals surface area contributed by atoms with E-state index in [1.165, 1.54) is 0 Å². The Morgan fingerprint density at radius 1 is 1.32 bits per heavy atom. The van der Waals surface area contributed by atoms with E-state index in [2.05, 4.69) is 22.3 Å². The maximum absolute atomic E-state index is 12.4. The van der Waals surface area contributed by atoms with Crippen molar-refractivity contribution in [2.75, 3.05) is 13.1 Å². The van der Waals surface area contributed by atoms with Crippen molar-refractivity contribution in [1.82, 2.24) is 15.1 Å². The molecule has 2 heterocycles. The molecule has 4 heteroatoms. The number of hydrogen-bond acceptors (Lipinski definition) is 2. The van der Waals surface area contributed by atoms with Crippen molar-refractivity contribution < 1.29 is 4.79 Å². The summed E-state index contributed by atoms with van der Waals surface area (Å²) < 4.78 is 0. The lowest BCUT2D eigenvalue weighted by atomic mass is 9.86. The van der Waals surface area contributed by atoms with Crippen LogP contribution in [0.4, 0.5) is 0 Å². The Morgan fingerprint density at radius 2 is 1.95 bits per heavy atom. The Hall–Kier alpha value is -1.58. The average Bonchev–Trinajstić information content (AvgIpc) is 2.97. The SMILES string of the molecule is Cc1n[nH]c(C)c1CC(=O)N1C[C@H]2CC=CC[C@H]2C1. The number of hydrogen-bond donors (Lipinski definition) is 1. The summed E-state index contributed by atoms with van der Waals surface area (Å²) in [5.74, 6) is 1.61. The van der Waals surface area contributed by atoms with Crippen LogP contribution in [-0.4, -0.2) is 34.1 Å². The van der Waals surface area contributed by atoms with E-state index in [1.807, 2.05) is 18.7 Å². The molecule has 0 radical (unpaired) electrons. The highest BCUT2D eigenvalue weighted by atomic mass is 16.2. The van der Waals surface area contributed by atoms with E-state index in [0.717, 1.165) is 42.9 Å². The lowest BCUT2D eigenvalue weighted by Gasteiger charge is -2.17. The third-order valence-electron chi connectivity index (χ3n) is 4.58. The van der Waals surface area contributed by atoms with Crippen LogP contribution in [-0.2, 0) is 11.2 Å². The summed E-state index contributed by atoms with van der Waals surface area (Å²) in [4.78, 5) is 14.5. The van der Waals surface area contributed by atoms with Crippen molar-refractivity contribution >= 4 is 5.91 Å². The first-order valence-corrected chi connectivity index (χ1v) is 7.08. The number of H-pyrrole nitrogens is 1. The number of nitrogens with one attached hydrogen (secondary N) is 1. The molecule has 1 N–H and O–H groups in total. The van der Waals surface area contributed by atoms with Crippen molar-refractivity contribution in [3.63, 3.8) is 0 Å². The maximum atomic E-state index is 12.4. The number of aromatic nitrogens is 2. The first kappa shape index (κ1) is 12.5.